The fourth-order valence-electron chi connectivity index (χ4n) is 2.73. The van der Waals surface area contributed by atoms with E-state index in [0.717, 1.165) is 29.2 Å². The molecular formula is C20H27FN4O. The molecule has 0 spiro atoms. The molecule has 6 heteroatoms. The molecule has 0 saturated carbocycles. The number of hydrogen-bond donors (Lipinski definition) is 4. The first-order valence-electron chi connectivity index (χ1n) is 8.78. The molecule has 1 amide bonds. The molecular weight excluding hydrogens is 331 g/mol. The number of nitrogens with one attached hydrogen (secondary N) is 2. The highest BCUT2D eigenvalue weighted by atomic mass is 19.1. The van der Waals surface area contributed by atoms with Crippen molar-refractivity contribution in [1.29, 1.82) is 0 Å². The number of rotatable bonds is 8. The molecule has 0 fully saturated rings. The number of amides is 1. The number of carbonyl (C=O) groups is 1. The number of carbonyl (C=O) groups excluding carboxylic acids is 1. The summed E-state index contributed by atoms with van der Waals surface area (Å²) < 4.78 is 13.1. The minimum Gasteiger partial charge on any atom is -0.351 e. The number of nitrogens with two attached hydrogens (primary N) is 2. The van der Waals surface area contributed by atoms with Crippen molar-refractivity contribution in [1.82, 2.24) is 10.3 Å². The maximum atomic E-state index is 13.1. The molecule has 1 aromatic rings. The minimum atomic E-state index is -0.231. The second kappa shape index (κ2) is 9.31. The lowest BCUT2D eigenvalue weighted by atomic mass is 9.97. The number of hydrogen-bond acceptors (Lipinski definition) is 3. The van der Waals surface area contributed by atoms with Gasteiger partial charge in [-0.05, 0) is 55.2 Å². The Morgan fingerprint density at radius 2 is 2.19 bits per heavy atom. The molecule has 5 nitrogen and oxygen atoms in total. The lowest BCUT2D eigenvalue weighted by molar-refractivity contribution is 0.0946. The van der Waals surface area contributed by atoms with Crippen LogP contribution in [-0.4, -0.2) is 30.0 Å². The highest BCUT2D eigenvalue weighted by molar-refractivity contribution is 5.92. The van der Waals surface area contributed by atoms with Gasteiger partial charge < -0.3 is 21.8 Å². The van der Waals surface area contributed by atoms with Crippen LogP contribution < -0.4 is 27.4 Å². The Hall–Kier alpha value is -2.44. The van der Waals surface area contributed by atoms with Crippen molar-refractivity contribution in [2.75, 3.05) is 13.1 Å². The largest absolute Gasteiger partial charge is 0.351 e. The number of H-pyrrole nitrogens is 1. The Morgan fingerprint density at radius 3 is 2.85 bits per heavy atom. The smallest absolute Gasteiger partial charge is 0.267 e. The quantitative estimate of drug-likeness (QED) is 0.561. The van der Waals surface area contributed by atoms with E-state index in [1.807, 2.05) is 6.08 Å². The van der Waals surface area contributed by atoms with Crippen LogP contribution >= 0.6 is 0 Å². The van der Waals surface area contributed by atoms with Crippen LogP contribution in [0.2, 0.25) is 0 Å². The van der Waals surface area contributed by atoms with Gasteiger partial charge in [0.05, 0.1) is 0 Å². The standard InChI is InChI=1S/C20H27FN4O/c1-13(15-5-7-17(21)8-6-15)10-16-11-19(25-14(16)2)20(26)24-12-18(23)4-3-9-22/h5,7,10-11,18,25H,1-4,6,8-9,12,22-23H2,(H,24,26)/b16-10-. The number of aromatic nitrogens is 1. The van der Waals surface area contributed by atoms with Crippen molar-refractivity contribution < 1.29 is 9.18 Å². The van der Waals surface area contributed by atoms with Crippen molar-refractivity contribution in [3.63, 3.8) is 0 Å². The Bertz CT molecular complexity index is 834. The number of aromatic amines is 1. The molecule has 0 radical (unpaired) electrons. The summed E-state index contributed by atoms with van der Waals surface area (Å²) in [6, 6.07) is 1.61. The molecule has 0 saturated heterocycles. The van der Waals surface area contributed by atoms with Crippen molar-refractivity contribution in [2.45, 2.75) is 31.7 Å². The third kappa shape index (κ3) is 5.54. The van der Waals surface area contributed by atoms with Gasteiger partial charge in [0, 0.05) is 29.6 Å². The highest BCUT2D eigenvalue weighted by Gasteiger charge is 2.11. The maximum Gasteiger partial charge on any atom is 0.267 e. The number of allylic oxidation sites excluding steroid dienone is 5. The molecule has 1 aliphatic carbocycles. The van der Waals surface area contributed by atoms with Crippen LogP contribution in [0.5, 0.6) is 0 Å². The van der Waals surface area contributed by atoms with Crippen molar-refractivity contribution in [2.24, 2.45) is 11.5 Å². The van der Waals surface area contributed by atoms with Gasteiger partial charge in [-0.15, -0.1) is 0 Å². The van der Waals surface area contributed by atoms with E-state index in [-0.39, 0.29) is 17.8 Å². The van der Waals surface area contributed by atoms with Gasteiger partial charge in [0.25, 0.3) is 5.91 Å². The lowest BCUT2D eigenvalue weighted by Crippen LogP contribution is -2.37. The fourth-order valence-corrected chi connectivity index (χ4v) is 2.73. The third-order valence-electron chi connectivity index (χ3n) is 4.32. The first-order valence-corrected chi connectivity index (χ1v) is 8.78. The molecule has 0 aromatic carbocycles. The monoisotopic (exact) mass is 358 g/mol. The summed E-state index contributed by atoms with van der Waals surface area (Å²) in [5.41, 5.74) is 13.6. The van der Waals surface area contributed by atoms with Crippen LogP contribution in [0.1, 0.15) is 36.2 Å². The van der Waals surface area contributed by atoms with E-state index >= 15 is 0 Å². The van der Waals surface area contributed by atoms with Crippen LogP contribution in [0.25, 0.3) is 12.7 Å². The molecule has 1 heterocycles. The van der Waals surface area contributed by atoms with Gasteiger partial charge in [0.2, 0.25) is 0 Å². The molecule has 0 aliphatic heterocycles. The van der Waals surface area contributed by atoms with Crippen LogP contribution in [0.4, 0.5) is 4.39 Å². The molecule has 26 heavy (non-hydrogen) atoms. The summed E-state index contributed by atoms with van der Waals surface area (Å²) in [4.78, 5) is 15.2. The van der Waals surface area contributed by atoms with Crippen molar-refractivity contribution >= 4 is 18.6 Å². The topological polar surface area (TPSA) is 96.9 Å². The van der Waals surface area contributed by atoms with E-state index in [0.29, 0.717) is 37.0 Å². The summed E-state index contributed by atoms with van der Waals surface area (Å²) in [6.45, 7) is 8.95. The van der Waals surface area contributed by atoms with Gasteiger partial charge in [-0.3, -0.25) is 4.79 Å². The molecule has 1 aliphatic rings. The Kier molecular flexibility index (Phi) is 7.12. The summed E-state index contributed by atoms with van der Waals surface area (Å²) in [7, 11) is 0. The maximum absolute atomic E-state index is 13.1. The Labute approximate surface area is 153 Å². The van der Waals surface area contributed by atoms with Gasteiger partial charge in [-0.2, -0.15) is 0 Å². The zero-order chi connectivity index (χ0) is 19.1. The van der Waals surface area contributed by atoms with E-state index < -0.39 is 0 Å². The van der Waals surface area contributed by atoms with Crippen molar-refractivity contribution in [3.05, 3.63) is 58.0 Å². The van der Waals surface area contributed by atoms with Gasteiger partial charge in [-0.1, -0.05) is 19.2 Å². The minimum absolute atomic E-state index is 0.116. The summed E-state index contributed by atoms with van der Waals surface area (Å²) >= 11 is 0. The first-order chi connectivity index (χ1) is 12.4. The zero-order valence-corrected chi connectivity index (χ0v) is 15.0. The molecule has 140 valence electrons. The second-order valence-corrected chi connectivity index (χ2v) is 6.49. The van der Waals surface area contributed by atoms with Crippen LogP contribution in [-0.2, 0) is 0 Å². The molecule has 1 unspecified atom stereocenters. The molecule has 2 rings (SSSR count). The van der Waals surface area contributed by atoms with E-state index in [4.69, 9.17) is 11.5 Å². The normalized spacial score (nSPS) is 16.0. The average Bonchev–Trinajstić information content (AvgIpc) is 2.99. The average molecular weight is 358 g/mol. The molecule has 1 atom stereocenters. The molecule has 1 aromatic heterocycles. The lowest BCUT2D eigenvalue weighted by Gasteiger charge is -2.11. The zero-order valence-electron chi connectivity index (χ0n) is 15.0. The highest BCUT2D eigenvalue weighted by Crippen LogP contribution is 2.24. The summed E-state index contributed by atoms with van der Waals surface area (Å²) in [6.07, 6.45) is 7.66. The molecule has 6 N–H and O–H groups in total. The predicted molar refractivity (Wildman–Crippen MR) is 104 cm³/mol. The fraction of sp³-hybridized carbons (Fsp3) is 0.350. The van der Waals surface area contributed by atoms with E-state index in [9.17, 15) is 9.18 Å². The van der Waals surface area contributed by atoms with E-state index in [2.05, 4.69) is 23.5 Å². The predicted octanol–water partition coefficient (Wildman–Crippen LogP) is 1.13. The van der Waals surface area contributed by atoms with Gasteiger partial charge in [0.15, 0.2) is 0 Å². The van der Waals surface area contributed by atoms with Gasteiger partial charge >= 0.3 is 0 Å². The Balaban J connectivity index is 2.05. The van der Waals surface area contributed by atoms with Crippen LogP contribution in [0.3, 0.4) is 0 Å². The van der Waals surface area contributed by atoms with Crippen LogP contribution in [0, 0.1) is 0 Å². The van der Waals surface area contributed by atoms with Crippen molar-refractivity contribution in [3.8, 4) is 0 Å². The first kappa shape index (κ1) is 19.9. The van der Waals surface area contributed by atoms with E-state index in [1.165, 1.54) is 6.08 Å². The van der Waals surface area contributed by atoms with E-state index in [1.54, 1.807) is 12.1 Å². The van der Waals surface area contributed by atoms with Gasteiger partial charge in [0.1, 0.15) is 11.5 Å². The SMILES string of the molecule is C=C(/C=c1/cc(C(=O)NCC(N)CCCN)[nH]c1=C)C1=CC=C(F)CC1. The summed E-state index contributed by atoms with van der Waals surface area (Å²) in [5, 5.41) is 4.22. The van der Waals surface area contributed by atoms with Gasteiger partial charge in [-0.25, -0.2) is 4.39 Å². The third-order valence-corrected chi connectivity index (χ3v) is 4.32. The van der Waals surface area contributed by atoms with Crippen LogP contribution in [0.15, 0.2) is 41.8 Å². The Morgan fingerprint density at radius 1 is 1.42 bits per heavy atom. The number of halogens is 1. The second-order valence-electron chi connectivity index (χ2n) is 6.49. The molecule has 0 bridgehead atoms. The summed E-state index contributed by atoms with van der Waals surface area (Å²) in [5.74, 6) is -0.352.